The van der Waals surface area contributed by atoms with Gasteiger partial charge in [-0.3, -0.25) is 0 Å². The van der Waals surface area contributed by atoms with E-state index in [1.807, 2.05) is 5.92 Å². The lowest BCUT2D eigenvalue weighted by Crippen LogP contribution is -2.12. The molecule has 2 fully saturated rings. The maximum Gasteiger partial charge on any atom is -0.0151 e. The minimum Gasteiger partial charge on any atom is -0.0651 e. The third kappa shape index (κ3) is 1.60. The van der Waals surface area contributed by atoms with Gasteiger partial charge in [-0.1, -0.05) is 20.3 Å². The van der Waals surface area contributed by atoms with Gasteiger partial charge in [0.15, 0.2) is 0 Å². The highest BCUT2D eigenvalue weighted by Gasteiger charge is 2.43. The van der Waals surface area contributed by atoms with E-state index in [1.54, 1.807) is 0 Å². The van der Waals surface area contributed by atoms with Crippen molar-refractivity contribution in [3.63, 3.8) is 0 Å². The predicted octanol–water partition coefficient (Wildman–Crippen LogP) is 3.43. The van der Waals surface area contributed by atoms with Crippen LogP contribution in [0.2, 0.25) is 0 Å². The fraction of sp³-hybridized carbons (Fsp3) is 0.909. The van der Waals surface area contributed by atoms with Crippen LogP contribution in [0.5, 0.6) is 0 Å². The topological polar surface area (TPSA) is 0 Å². The molecule has 0 saturated heterocycles. The fourth-order valence-corrected chi connectivity index (χ4v) is 2.21. The van der Waals surface area contributed by atoms with Gasteiger partial charge in [-0.2, -0.15) is 0 Å². The van der Waals surface area contributed by atoms with Crippen LogP contribution < -0.4 is 0 Å². The fourth-order valence-electron chi connectivity index (χ4n) is 2.21. The highest BCUT2D eigenvalue weighted by atomic mass is 14.5. The molecule has 0 nitrogen and oxygen atoms in total. The molecule has 2 aliphatic rings. The SMILES string of the molecule is CCC(C)[C](C1CC1)C1CC1. The Morgan fingerprint density at radius 3 is 1.91 bits per heavy atom. The van der Waals surface area contributed by atoms with Crippen molar-refractivity contribution in [2.45, 2.75) is 46.0 Å². The van der Waals surface area contributed by atoms with Crippen LogP contribution in [0.3, 0.4) is 0 Å². The summed E-state index contributed by atoms with van der Waals surface area (Å²) >= 11 is 0. The van der Waals surface area contributed by atoms with Crippen molar-refractivity contribution in [2.75, 3.05) is 0 Å². The highest BCUT2D eigenvalue weighted by molar-refractivity contribution is 5.14. The predicted molar refractivity (Wildman–Crippen MR) is 48.1 cm³/mol. The molecular formula is C11H19. The number of rotatable bonds is 4. The molecule has 0 heterocycles. The summed E-state index contributed by atoms with van der Waals surface area (Å²) in [6.45, 7) is 4.75. The van der Waals surface area contributed by atoms with E-state index >= 15 is 0 Å². The summed E-state index contributed by atoms with van der Waals surface area (Å²) in [4.78, 5) is 0. The molecule has 0 aliphatic heterocycles. The van der Waals surface area contributed by atoms with E-state index in [9.17, 15) is 0 Å². The Kier molecular flexibility index (Phi) is 1.95. The van der Waals surface area contributed by atoms with Crippen molar-refractivity contribution in [2.24, 2.45) is 17.8 Å². The van der Waals surface area contributed by atoms with Gasteiger partial charge in [0, 0.05) is 0 Å². The highest BCUT2D eigenvalue weighted by Crippen LogP contribution is 2.54. The zero-order chi connectivity index (χ0) is 7.84. The molecule has 0 bridgehead atoms. The molecular weight excluding hydrogens is 132 g/mol. The van der Waals surface area contributed by atoms with Gasteiger partial charge in [0.1, 0.15) is 0 Å². The third-order valence-corrected chi connectivity index (χ3v) is 3.28. The van der Waals surface area contributed by atoms with E-state index in [1.165, 1.54) is 32.1 Å². The molecule has 63 valence electrons. The molecule has 1 radical (unpaired) electrons. The van der Waals surface area contributed by atoms with Crippen molar-refractivity contribution < 1.29 is 0 Å². The molecule has 0 heteroatoms. The molecule has 0 amide bonds. The van der Waals surface area contributed by atoms with E-state index in [4.69, 9.17) is 0 Å². The van der Waals surface area contributed by atoms with Gasteiger partial charge in [0.25, 0.3) is 0 Å². The maximum atomic E-state index is 2.42. The van der Waals surface area contributed by atoms with Crippen LogP contribution in [0.1, 0.15) is 46.0 Å². The largest absolute Gasteiger partial charge is 0.0651 e. The van der Waals surface area contributed by atoms with Crippen LogP contribution in [0.25, 0.3) is 0 Å². The van der Waals surface area contributed by atoms with Crippen molar-refractivity contribution >= 4 is 0 Å². The third-order valence-electron chi connectivity index (χ3n) is 3.28. The van der Waals surface area contributed by atoms with Crippen LogP contribution in [0.4, 0.5) is 0 Å². The van der Waals surface area contributed by atoms with Gasteiger partial charge in [0.2, 0.25) is 0 Å². The summed E-state index contributed by atoms with van der Waals surface area (Å²) in [6.07, 6.45) is 7.40. The van der Waals surface area contributed by atoms with Gasteiger partial charge < -0.3 is 0 Å². The van der Waals surface area contributed by atoms with E-state index in [2.05, 4.69) is 13.8 Å². The second-order valence-electron chi connectivity index (χ2n) is 4.36. The van der Waals surface area contributed by atoms with Crippen molar-refractivity contribution in [1.82, 2.24) is 0 Å². The molecule has 11 heavy (non-hydrogen) atoms. The molecule has 0 aromatic heterocycles. The average molecular weight is 151 g/mol. The van der Waals surface area contributed by atoms with Gasteiger partial charge in [-0.05, 0) is 49.4 Å². The van der Waals surface area contributed by atoms with E-state index in [0.29, 0.717) is 0 Å². The smallest absolute Gasteiger partial charge is 0.0151 e. The molecule has 1 unspecified atom stereocenters. The van der Waals surface area contributed by atoms with Crippen molar-refractivity contribution in [1.29, 1.82) is 0 Å². The first-order valence-electron chi connectivity index (χ1n) is 5.19. The standard InChI is InChI=1S/C11H19/c1-3-8(2)11(9-4-5-9)10-6-7-10/h8-10H,3-7H2,1-2H3. The Hall–Kier alpha value is 0. The average Bonchev–Trinajstić information content (AvgIpc) is 2.81. The Bertz CT molecular complexity index is 119. The summed E-state index contributed by atoms with van der Waals surface area (Å²) in [5, 5.41) is 0. The van der Waals surface area contributed by atoms with Crippen LogP contribution >= 0.6 is 0 Å². The summed E-state index contributed by atoms with van der Waals surface area (Å²) in [5.41, 5.74) is 0. The Labute approximate surface area is 70.4 Å². The quantitative estimate of drug-likeness (QED) is 0.577. The zero-order valence-corrected chi connectivity index (χ0v) is 7.77. The van der Waals surface area contributed by atoms with Crippen molar-refractivity contribution in [3.05, 3.63) is 5.92 Å². The van der Waals surface area contributed by atoms with Crippen LogP contribution in [0, 0.1) is 23.7 Å². The van der Waals surface area contributed by atoms with E-state index < -0.39 is 0 Å². The van der Waals surface area contributed by atoms with Crippen molar-refractivity contribution in [3.8, 4) is 0 Å². The first-order valence-corrected chi connectivity index (χ1v) is 5.19. The molecule has 2 aliphatic carbocycles. The lowest BCUT2D eigenvalue weighted by Gasteiger charge is -2.21. The van der Waals surface area contributed by atoms with Crippen LogP contribution in [-0.4, -0.2) is 0 Å². The first kappa shape index (κ1) is 7.64. The Morgan fingerprint density at radius 1 is 1.18 bits per heavy atom. The molecule has 0 aromatic rings. The van der Waals surface area contributed by atoms with Gasteiger partial charge in [-0.25, -0.2) is 0 Å². The molecule has 2 saturated carbocycles. The van der Waals surface area contributed by atoms with E-state index in [-0.39, 0.29) is 0 Å². The summed E-state index contributed by atoms with van der Waals surface area (Å²) < 4.78 is 0. The van der Waals surface area contributed by atoms with Gasteiger partial charge >= 0.3 is 0 Å². The molecule has 0 N–H and O–H groups in total. The second kappa shape index (κ2) is 2.80. The van der Waals surface area contributed by atoms with E-state index in [0.717, 1.165) is 17.8 Å². The Balaban J connectivity index is 1.90. The number of hydrogen-bond donors (Lipinski definition) is 0. The molecule has 2 rings (SSSR count). The summed E-state index contributed by atoms with van der Waals surface area (Å²) in [7, 11) is 0. The normalized spacial score (nSPS) is 27.5. The summed E-state index contributed by atoms with van der Waals surface area (Å²) in [6, 6.07) is 0. The zero-order valence-electron chi connectivity index (χ0n) is 7.77. The molecule has 0 spiro atoms. The monoisotopic (exact) mass is 151 g/mol. The lowest BCUT2D eigenvalue weighted by atomic mass is 9.84. The molecule has 0 aromatic carbocycles. The summed E-state index contributed by atoms with van der Waals surface area (Å²) in [5.74, 6) is 5.01. The lowest BCUT2D eigenvalue weighted by molar-refractivity contribution is 0.476. The first-order chi connectivity index (χ1) is 5.33. The Morgan fingerprint density at radius 2 is 1.64 bits per heavy atom. The van der Waals surface area contributed by atoms with Gasteiger partial charge in [0.05, 0.1) is 0 Å². The van der Waals surface area contributed by atoms with Crippen LogP contribution in [0.15, 0.2) is 0 Å². The minimum atomic E-state index is 0.926. The molecule has 1 atom stereocenters. The van der Waals surface area contributed by atoms with Crippen LogP contribution in [-0.2, 0) is 0 Å². The second-order valence-corrected chi connectivity index (χ2v) is 4.36. The number of hydrogen-bond acceptors (Lipinski definition) is 0. The van der Waals surface area contributed by atoms with Gasteiger partial charge in [-0.15, -0.1) is 0 Å². The maximum absolute atomic E-state index is 2.42. The minimum absolute atomic E-state index is 0.926.